The lowest BCUT2D eigenvalue weighted by atomic mass is 9.54. The van der Waals surface area contributed by atoms with E-state index >= 15 is 0 Å². The van der Waals surface area contributed by atoms with Crippen molar-refractivity contribution in [1.82, 2.24) is 18.9 Å². The minimum atomic E-state index is -3.79. The molecule has 0 radical (unpaired) electrons. The molecule has 424 valence electrons. The summed E-state index contributed by atoms with van der Waals surface area (Å²) in [6, 6.07) is 19.4. The summed E-state index contributed by atoms with van der Waals surface area (Å²) in [6.45, 7) is 0. The van der Waals surface area contributed by atoms with Crippen molar-refractivity contribution >= 4 is 51.5 Å². The molecule has 0 spiro atoms. The second-order valence-corrected chi connectivity index (χ2v) is 33.5. The summed E-state index contributed by atoms with van der Waals surface area (Å²) < 4.78 is 120. The fourth-order valence-corrected chi connectivity index (χ4v) is 24.5. The molecule has 4 aromatic rings. The van der Waals surface area contributed by atoms with Gasteiger partial charge in [-0.3, -0.25) is 0 Å². The molecule has 6 N–H and O–H groups in total. The van der Waals surface area contributed by atoms with Gasteiger partial charge >= 0.3 is 0 Å². The number of fused-ring (bicyclic) bond motifs is 10. The van der Waals surface area contributed by atoms with Crippen molar-refractivity contribution in [3.05, 3.63) is 95.1 Å². The maximum Gasteiger partial charge on any atom is 0.240 e. The monoisotopic (exact) mass is 1160 g/mol. The number of sulfonamides is 4. The maximum absolute atomic E-state index is 13.7. The van der Waals surface area contributed by atoms with Crippen LogP contribution in [0.25, 0.3) is 22.3 Å². The molecule has 12 saturated carbocycles. The zero-order chi connectivity index (χ0) is 54.8. The molecule has 12 fully saturated rings. The summed E-state index contributed by atoms with van der Waals surface area (Å²) in [5.41, 5.74) is 5.21. The second-order valence-electron chi connectivity index (χ2n) is 26.7. The van der Waals surface area contributed by atoms with Gasteiger partial charge in [-0.2, -0.15) is 0 Å². The molecule has 0 saturated heterocycles. The van der Waals surface area contributed by atoms with E-state index in [-0.39, 0.29) is 55.2 Å². The van der Waals surface area contributed by atoms with Crippen molar-refractivity contribution in [2.75, 3.05) is 0 Å². The Morgan fingerprint density at radius 3 is 0.838 bits per heavy atom. The maximum atomic E-state index is 13.7. The summed E-state index contributed by atoms with van der Waals surface area (Å²) in [4.78, 5) is 0.526. The first-order valence-corrected chi connectivity index (χ1v) is 35.4. The number of rotatable bonds is 12. The first-order valence-electron chi connectivity index (χ1n) is 29.5. The minimum absolute atomic E-state index is 0.0241. The van der Waals surface area contributed by atoms with Gasteiger partial charge in [-0.05, 0) is 245 Å². The zero-order valence-electron chi connectivity index (χ0n) is 44.6. The molecule has 18 rings (SSSR count). The van der Waals surface area contributed by atoms with Crippen LogP contribution in [0, 0.1) is 71.0 Å². The van der Waals surface area contributed by atoms with Gasteiger partial charge in [0, 0.05) is 46.4 Å². The quantitative estimate of drug-likeness (QED) is 0.0501. The third kappa shape index (κ3) is 8.79. The van der Waals surface area contributed by atoms with Gasteiger partial charge in [-0.15, -0.1) is 0 Å². The molecular formula is C60H70N6O10S4. The van der Waals surface area contributed by atoms with Crippen molar-refractivity contribution < 1.29 is 44.1 Å². The van der Waals surface area contributed by atoms with Gasteiger partial charge in [0.1, 0.15) is 11.4 Å². The summed E-state index contributed by atoms with van der Waals surface area (Å²) in [5.74, 6) is 6.68. The molecule has 0 amide bonds. The lowest BCUT2D eigenvalue weighted by Gasteiger charge is -2.54. The lowest BCUT2D eigenvalue weighted by molar-refractivity contribution is -0.00559. The van der Waals surface area contributed by atoms with Crippen molar-refractivity contribution in [1.29, 1.82) is 0 Å². The Morgan fingerprint density at radius 2 is 0.588 bits per heavy atom. The zero-order valence-corrected chi connectivity index (χ0v) is 47.8. The van der Waals surface area contributed by atoms with Crippen molar-refractivity contribution in [3.63, 3.8) is 0 Å². The van der Waals surface area contributed by atoms with E-state index in [4.69, 9.17) is 0 Å². The van der Waals surface area contributed by atoms with E-state index in [9.17, 15) is 44.1 Å². The third-order valence-corrected chi connectivity index (χ3v) is 28.0. The van der Waals surface area contributed by atoms with Crippen LogP contribution >= 0.6 is 0 Å². The van der Waals surface area contributed by atoms with Crippen LogP contribution in [0.4, 0.5) is 0 Å². The van der Waals surface area contributed by atoms with Gasteiger partial charge in [-0.1, -0.05) is 47.4 Å². The van der Waals surface area contributed by atoms with Crippen LogP contribution in [0.2, 0.25) is 0 Å². The summed E-state index contributed by atoms with van der Waals surface area (Å²) in [5, 5.41) is 27.0. The van der Waals surface area contributed by atoms with Crippen LogP contribution < -0.4 is 18.9 Å². The number of oxime groups is 2. The highest BCUT2D eigenvalue weighted by molar-refractivity contribution is 7.90. The molecule has 12 bridgehead atoms. The Morgan fingerprint density at radius 1 is 0.312 bits per heavy atom. The van der Waals surface area contributed by atoms with E-state index < -0.39 is 40.1 Å². The van der Waals surface area contributed by atoms with E-state index in [0.29, 0.717) is 80.7 Å². The highest BCUT2D eigenvalue weighted by atomic mass is 32.2. The minimum Gasteiger partial charge on any atom is -0.410 e. The summed E-state index contributed by atoms with van der Waals surface area (Å²) >= 11 is 0. The Hall–Kier alpha value is -4.54. The molecule has 14 aliphatic rings. The third-order valence-electron chi connectivity index (χ3n) is 22.1. The number of hydrogen-bond donors (Lipinski definition) is 6. The normalized spacial score (nSPS) is 35.2. The number of nitrogens with zero attached hydrogens (tertiary/aromatic N) is 2. The van der Waals surface area contributed by atoms with Gasteiger partial charge in [0.2, 0.25) is 40.1 Å². The van der Waals surface area contributed by atoms with Gasteiger partial charge in [0.25, 0.3) is 0 Å². The molecule has 0 aliphatic heterocycles. The molecule has 16 nitrogen and oxygen atoms in total. The molecule has 0 aromatic heterocycles. The van der Waals surface area contributed by atoms with Crippen LogP contribution in [0.3, 0.4) is 0 Å². The van der Waals surface area contributed by atoms with E-state index in [2.05, 4.69) is 29.2 Å². The van der Waals surface area contributed by atoms with E-state index in [1.54, 1.807) is 60.7 Å². The van der Waals surface area contributed by atoms with Crippen LogP contribution in [0.15, 0.2) is 103 Å². The Kier molecular flexibility index (Phi) is 12.4. The molecule has 6 unspecified atom stereocenters. The second kappa shape index (κ2) is 19.0. The summed E-state index contributed by atoms with van der Waals surface area (Å²) in [7, 11) is -15.1. The number of hydrogen-bond acceptors (Lipinski definition) is 12. The average molecular weight is 1160 g/mol. The highest BCUT2D eigenvalue weighted by Crippen LogP contribution is 2.56. The number of benzene rings is 4. The van der Waals surface area contributed by atoms with E-state index in [1.807, 2.05) is 0 Å². The fraction of sp³-hybridized carbons (Fsp3) is 0.567. The van der Waals surface area contributed by atoms with Gasteiger partial charge < -0.3 is 10.4 Å². The Labute approximate surface area is 469 Å². The van der Waals surface area contributed by atoms with Gasteiger partial charge in [0.05, 0.1) is 19.6 Å². The topological polar surface area (TPSA) is 250 Å². The van der Waals surface area contributed by atoms with Crippen LogP contribution in [-0.2, 0) is 40.1 Å². The van der Waals surface area contributed by atoms with Gasteiger partial charge in [-0.25, -0.2) is 52.6 Å². The smallest absolute Gasteiger partial charge is 0.240 e. The van der Waals surface area contributed by atoms with E-state index in [1.165, 1.54) is 37.8 Å². The molecule has 6 atom stereocenters. The lowest BCUT2D eigenvalue weighted by Crippen LogP contribution is -2.55. The van der Waals surface area contributed by atoms with Crippen LogP contribution in [0.5, 0.6) is 0 Å². The SMILES string of the molecule is O=S(=O)(NC1C2CC3CC(C2)CC1C3)c1ccc2c(c1)C(=NO)c1cc(S(=O)(=O)NC3C4CC5CC(C4)CC3C5)ccc1-2.O=S(=O)(NC1CC2CCC1C2)c1ccc2c(c1)C(=NO)c1cc(S(=O)(=O)NC3CC4CCC3C4)ccc1-2. The largest absolute Gasteiger partial charge is 0.410 e. The van der Waals surface area contributed by atoms with Crippen molar-refractivity contribution in [3.8, 4) is 22.3 Å². The Bertz CT molecular complexity index is 3500. The molecule has 14 aliphatic carbocycles. The molecule has 20 heteroatoms. The number of nitrogens with one attached hydrogen (secondary N) is 4. The van der Waals surface area contributed by atoms with Crippen LogP contribution in [-0.4, -0.2) is 79.7 Å². The average Bonchev–Trinajstić information content (AvgIpc) is 4.44. The Balaban J connectivity index is 0.000000140. The predicted octanol–water partition coefficient (Wildman–Crippen LogP) is 8.93. The standard InChI is InChI=1S/C33H39N3O5S2.C27H31N3O5S2/c37-34-33-29-15-25(42(38,39)35-31-21-7-17-5-18(9-21)10-22(31)8-17)1-3-27(29)28-4-2-26(16-30(28)33)43(40,41)36-32-23-11-19-6-20(13-23)14-24(32)12-19;31-28-27-23-13-19(36(32,33)29-25-11-15-1-3-17(25)9-15)5-7-21(23)22-8-6-20(14-24(22)27)37(34,35)30-26-12-16-2-4-18(26)10-16/h1-4,15-24,31-32,35-37H,5-14H2;5-8,13-18,25-26,29-31H,1-4,9-12H2. The molecule has 4 aromatic carbocycles. The highest BCUT2D eigenvalue weighted by Gasteiger charge is 2.51. The summed E-state index contributed by atoms with van der Waals surface area (Å²) in [6.07, 6.45) is 20.0. The molecule has 0 heterocycles. The van der Waals surface area contributed by atoms with Gasteiger partial charge in [0.15, 0.2) is 0 Å². The first-order chi connectivity index (χ1) is 38.4. The first kappa shape index (κ1) is 52.3. The molecule has 80 heavy (non-hydrogen) atoms. The van der Waals surface area contributed by atoms with Crippen LogP contribution in [0.1, 0.15) is 138 Å². The fourth-order valence-electron chi connectivity index (χ4n) is 19.0. The van der Waals surface area contributed by atoms with Crippen molar-refractivity contribution in [2.45, 2.75) is 159 Å². The predicted molar refractivity (Wildman–Crippen MR) is 300 cm³/mol. The van der Waals surface area contributed by atoms with Crippen molar-refractivity contribution in [2.24, 2.45) is 81.3 Å². The molecular weight excluding hydrogens is 1090 g/mol. The van der Waals surface area contributed by atoms with E-state index in [0.717, 1.165) is 125 Å².